The summed E-state index contributed by atoms with van der Waals surface area (Å²) in [5, 5.41) is 0. The van der Waals surface area contributed by atoms with Crippen LogP contribution in [-0.2, 0) is 0 Å². The highest BCUT2D eigenvalue weighted by Gasteiger charge is 2.26. The zero-order valence-corrected chi connectivity index (χ0v) is 11.4. The van der Waals surface area contributed by atoms with Gasteiger partial charge < -0.3 is 0 Å². The number of carbonyl (C=O) groups is 1. The quantitative estimate of drug-likeness (QED) is 0.741. The van der Waals surface area contributed by atoms with Gasteiger partial charge >= 0.3 is 0 Å². The first-order valence-corrected chi connectivity index (χ1v) is 7.01. The number of hydrogen-bond acceptors (Lipinski definition) is 2. The molecule has 1 saturated heterocycles. The van der Waals surface area contributed by atoms with E-state index < -0.39 is 0 Å². The zero-order chi connectivity index (χ0) is 13.0. The summed E-state index contributed by atoms with van der Waals surface area (Å²) in [6, 6.07) is 10.3. The number of rotatable bonds is 5. The Hall–Kier alpha value is -1.15. The van der Waals surface area contributed by atoms with Crippen LogP contribution in [0.3, 0.4) is 0 Å². The average Bonchev–Trinajstić information content (AvgIpc) is 2.85. The van der Waals surface area contributed by atoms with E-state index in [-0.39, 0.29) is 5.78 Å². The van der Waals surface area contributed by atoms with E-state index in [0.717, 1.165) is 18.7 Å². The Morgan fingerprint density at radius 1 is 1.33 bits per heavy atom. The third-order valence-corrected chi connectivity index (χ3v) is 3.91. The van der Waals surface area contributed by atoms with Gasteiger partial charge in [-0.05, 0) is 25.3 Å². The summed E-state index contributed by atoms with van der Waals surface area (Å²) in [7, 11) is 0. The Morgan fingerprint density at radius 2 is 2.06 bits per heavy atom. The van der Waals surface area contributed by atoms with Gasteiger partial charge in [-0.25, -0.2) is 0 Å². The standard InChI is InChI=1S/C16H23NO/c1-13(2)15-9-6-11-17(15)12-10-16(18)14-7-4-3-5-8-14/h3-5,7-8,13,15H,6,9-12H2,1-2H3. The number of nitrogens with zero attached hydrogens (tertiary/aromatic N) is 1. The topological polar surface area (TPSA) is 20.3 Å². The number of ketones is 1. The number of likely N-dealkylation sites (tertiary alicyclic amines) is 1. The molecule has 1 aliphatic heterocycles. The van der Waals surface area contributed by atoms with Gasteiger partial charge in [0.1, 0.15) is 0 Å². The smallest absolute Gasteiger partial charge is 0.164 e. The molecular weight excluding hydrogens is 222 g/mol. The third-order valence-electron chi connectivity index (χ3n) is 3.91. The number of Topliss-reactive ketones (excluding diaryl/α,β-unsaturated/α-hetero) is 1. The molecule has 2 nitrogen and oxygen atoms in total. The van der Waals surface area contributed by atoms with Crippen LogP contribution in [-0.4, -0.2) is 29.8 Å². The molecule has 1 fully saturated rings. The zero-order valence-electron chi connectivity index (χ0n) is 11.4. The molecule has 2 heteroatoms. The Bertz CT molecular complexity index is 385. The molecular formula is C16H23NO. The second-order valence-electron chi connectivity index (χ2n) is 5.53. The van der Waals surface area contributed by atoms with Crippen LogP contribution < -0.4 is 0 Å². The lowest BCUT2D eigenvalue weighted by atomic mass is 10.0. The lowest BCUT2D eigenvalue weighted by molar-refractivity contribution is 0.0954. The van der Waals surface area contributed by atoms with E-state index in [0.29, 0.717) is 18.4 Å². The van der Waals surface area contributed by atoms with Gasteiger partial charge in [0.2, 0.25) is 0 Å². The maximum atomic E-state index is 12.1. The van der Waals surface area contributed by atoms with E-state index >= 15 is 0 Å². The van der Waals surface area contributed by atoms with Gasteiger partial charge in [-0.15, -0.1) is 0 Å². The molecule has 0 aromatic heterocycles. The summed E-state index contributed by atoms with van der Waals surface area (Å²) in [6.45, 7) is 6.63. The minimum atomic E-state index is 0.269. The van der Waals surface area contributed by atoms with Crippen LogP contribution in [0.1, 0.15) is 43.5 Å². The van der Waals surface area contributed by atoms with Crippen molar-refractivity contribution in [3.05, 3.63) is 35.9 Å². The van der Waals surface area contributed by atoms with E-state index in [9.17, 15) is 4.79 Å². The lowest BCUT2D eigenvalue weighted by Crippen LogP contribution is -2.35. The molecule has 1 atom stereocenters. The van der Waals surface area contributed by atoms with E-state index in [2.05, 4.69) is 18.7 Å². The highest BCUT2D eigenvalue weighted by Crippen LogP contribution is 2.23. The highest BCUT2D eigenvalue weighted by atomic mass is 16.1. The molecule has 0 saturated carbocycles. The molecule has 0 N–H and O–H groups in total. The molecule has 0 radical (unpaired) electrons. The van der Waals surface area contributed by atoms with Crippen LogP contribution in [0.5, 0.6) is 0 Å². The molecule has 1 unspecified atom stereocenters. The number of hydrogen-bond donors (Lipinski definition) is 0. The molecule has 1 aliphatic rings. The van der Waals surface area contributed by atoms with E-state index in [1.54, 1.807) is 0 Å². The molecule has 18 heavy (non-hydrogen) atoms. The normalized spacial score (nSPS) is 20.5. The minimum absolute atomic E-state index is 0.269. The van der Waals surface area contributed by atoms with Gasteiger partial charge in [0, 0.05) is 24.6 Å². The van der Waals surface area contributed by atoms with E-state index in [1.807, 2.05) is 30.3 Å². The molecule has 0 amide bonds. The van der Waals surface area contributed by atoms with Crippen molar-refractivity contribution >= 4 is 5.78 Å². The minimum Gasteiger partial charge on any atom is -0.300 e. The van der Waals surface area contributed by atoms with Gasteiger partial charge in [0.05, 0.1) is 0 Å². The van der Waals surface area contributed by atoms with Crippen molar-refractivity contribution < 1.29 is 4.79 Å². The highest BCUT2D eigenvalue weighted by molar-refractivity contribution is 5.96. The van der Waals surface area contributed by atoms with Gasteiger partial charge in [-0.3, -0.25) is 9.69 Å². The van der Waals surface area contributed by atoms with Gasteiger partial charge in [0.15, 0.2) is 5.78 Å². The molecule has 1 aromatic rings. The summed E-state index contributed by atoms with van der Waals surface area (Å²) in [6.07, 6.45) is 3.22. The maximum absolute atomic E-state index is 12.1. The van der Waals surface area contributed by atoms with Crippen LogP contribution in [0, 0.1) is 5.92 Å². The predicted molar refractivity (Wildman–Crippen MR) is 74.8 cm³/mol. The molecule has 0 bridgehead atoms. The Balaban J connectivity index is 1.86. The van der Waals surface area contributed by atoms with Gasteiger partial charge in [-0.2, -0.15) is 0 Å². The van der Waals surface area contributed by atoms with Crippen LogP contribution in [0.4, 0.5) is 0 Å². The van der Waals surface area contributed by atoms with Crippen molar-refractivity contribution in [3.8, 4) is 0 Å². The molecule has 1 aromatic carbocycles. The van der Waals surface area contributed by atoms with Crippen molar-refractivity contribution in [3.63, 3.8) is 0 Å². The maximum Gasteiger partial charge on any atom is 0.164 e. The summed E-state index contributed by atoms with van der Waals surface area (Å²) >= 11 is 0. The second-order valence-corrected chi connectivity index (χ2v) is 5.53. The van der Waals surface area contributed by atoms with Gasteiger partial charge in [-0.1, -0.05) is 44.2 Å². The monoisotopic (exact) mass is 245 g/mol. The summed E-state index contributed by atoms with van der Waals surface area (Å²) in [5.41, 5.74) is 0.845. The molecule has 0 aliphatic carbocycles. The second kappa shape index (κ2) is 6.14. The first-order chi connectivity index (χ1) is 8.68. The van der Waals surface area contributed by atoms with Crippen molar-refractivity contribution in [1.29, 1.82) is 0 Å². The largest absolute Gasteiger partial charge is 0.300 e. The third kappa shape index (κ3) is 3.20. The number of benzene rings is 1. The molecule has 1 heterocycles. The summed E-state index contributed by atoms with van der Waals surface area (Å²) in [5.74, 6) is 0.962. The predicted octanol–water partition coefficient (Wildman–Crippen LogP) is 3.38. The lowest BCUT2D eigenvalue weighted by Gasteiger charge is -2.27. The van der Waals surface area contributed by atoms with Crippen LogP contribution in [0.25, 0.3) is 0 Å². The first kappa shape index (κ1) is 13.3. The molecule has 0 spiro atoms. The first-order valence-electron chi connectivity index (χ1n) is 7.01. The van der Waals surface area contributed by atoms with Crippen LogP contribution in [0.2, 0.25) is 0 Å². The Kier molecular flexibility index (Phi) is 4.54. The Labute approximate surface area is 110 Å². The fraction of sp³-hybridized carbons (Fsp3) is 0.562. The summed E-state index contributed by atoms with van der Waals surface area (Å²) in [4.78, 5) is 14.5. The molecule has 2 rings (SSSR count). The van der Waals surface area contributed by atoms with Crippen LogP contribution in [0.15, 0.2) is 30.3 Å². The van der Waals surface area contributed by atoms with E-state index in [1.165, 1.54) is 12.8 Å². The van der Waals surface area contributed by atoms with Crippen LogP contribution >= 0.6 is 0 Å². The fourth-order valence-corrected chi connectivity index (χ4v) is 2.90. The summed E-state index contributed by atoms with van der Waals surface area (Å²) < 4.78 is 0. The van der Waals surface area contributed by atoms with Gasteiger partial charge in [0.25, 0.3) is 0 Å². The molecule has 98 valence electrons. The van der Waals surface area contributed by atoms with Crippen molar-refractivity contribution in [1.82, 2.24) is 4.90 Å². The van der Waals surface area contributed by atoms with Crippen molar-refractivity contribution in [2.24, 2.45) is 5.92 Å². The fourth-order valence-electron chi connectivity index (χ4n) is 2.90. The van der Waals surface area contributed by atoms with Crippen molar-refractivity contribution in [2.45, 2.75) is 39.2 Å². The SMILES string of the molecule is CC(C)C1CCCN1CCC(=O)c1ccccc1. The van der Waals surface area contributed by atoms with E-state index in [4.69, 9.17) is 0 Å². The average molecular weight is 245 g/mol. The van der Waals surface area contributed by atoms with Crippen molar-refractivity contribution in [2.75, 3.05) is 13.1 Å². The Morgan fingerprint density at radius 3 is 2.72 bits per heavy atom. The number of carbonyl (C=O) groups excluding carboxylic acids is 1.